The molecule has 0 fully saturated rings. The number of primary amides is 1. The second-order valence-electron chi connectivity index (χ2n) is 7.89. The van der Waals surface area contributed by atoms with Gasteiger partial charge in [-0.05, 0) is 49.2 Å². The number of nitriles is 1. The molecule has 3 N–H and O–H groups in total. The highest BCUT2D eigenvalue weighted by Crippen LogP contribution is 2.47. The fourth-order valence-corrected chi connectivity index (χ4v) is 4.48. The van der Waals surface area contributed by atoms with Crippen molar-refractivity contribution in [2.45, 2.75) is 32.0 Å². The molecule has 0 bridgehead atoms. The molecule has 3 rings (SSSR count). The van der Waals surface area contributed by atoms with Crippen molar-refractivity contribution in [1.29, 1.82) is 5.26 Å². The Balaban J connectivity index is 2.37. The van der Waals surface area contributed by atoms with Crippen molar-refractivity contribution in [3.8, 4) is 6.07 Å². The van der Waals surface area contributed by atoms with Gasteiger partial charge in [0.15, 0.2) is 0 Å². The smallest absolute Gasteiger partial charge is 0.416 e. The number of carbonyl (C=O) groups is 3. The molecular weight excluding hydrogens is 465 g/mol. The number of carbonyl (C=O) groups excluding carboxylic acids is 2. The lowest BCUT2D eigenvalue weighted by atomic mass is 9.75. The molecule has 0 spiro atoms. The summed E-state index contributed by atoms with van der Waals surface area (Å²) in [4.78, 5) is 40.1. The maximum absolute atomic E-state index is 13.8. The average Bonchev–Trinajstić information content (AvgIpc) is 2.80. The Hall–Kier alpha value is -4.33. The Morgan fingerprint density at radius 2 is 1.80 bits per heavy atom. The number of hydrogen-bond acceptors (Lipinski definition) is 4. The molecule has 3 amide bonds. The van der Waals surface area contributed by atoms with Gasteiger partial charge in [0.1, 0.15) is 12.1 Å². The number of halogens is 3. The first-order chi connectivity index (χ1) is 16.4. The van der Waals surface area contributed by atoms with Gasteiger partial charge in [-0.25, -0.2) is 9.59 Å². The van der Waals surface area contributed by atoms with Gasteiger partial charge in [0.05, 0.1) is 28.5 Å². The normalized spacial score (nSPS) is 18.5. The highest BCUT2D eigenvalue weighted by atomic mass is 19.4. The van der Waals surface area contributed by atoms with Gasteiger partial charge in [-0.1, -0.05) is 25.1 Å². The lowest BCUT2D eigenvalue weighted by Crippen LogP contribution is -2.62. The molecule has 35 heavy (non-hydrogen) atoms. The predicted octanol–water partition coefficient (Wildman–Crippen LogP) is 3.97. The van der Waals surface area contributed by atoms with E-state index < -0.39 is 41.7 Å². The van der Waals surface area contributed by atoms with Crippen molar-refractivity contribution in [3.63, 3.8) is 0 Å². The summed E-state index contributed by atoms with van der Waals surface area (Å²) in [7, 11) is 0. The molecule has 0 saturated carbocycles. The van der Waals surface area contributed by atoms with Crippen molar-refractivity contribution < 1.29 is 32.7 Å². The topological polar surface area (TPSA) is 128 Å². The number of urea groups is 1. The summed E-state index contributed by atoms with van der Waals surface area (Å²) < 4.78 is 40.0. The van der Waals surface area contributed by atoms with Crippen molar-refractivity contribution in [3.05, 3.63) is 76.5 Å². The lowest BCUT2D eigenvalue weighted by molar-refractivity contribution is -0.137. The van der Waals surface area contributed by atoms with E-state index in [1.165, 1.54) is 37.3 Å². The summed E-state index contributed by atoms with van der Waals surface area (Å²) in [5, 5.41) is 19.4. The Morgan fingerprint density at radius 1 is 1.17 bits per heavy atom. The van der Waals surface area contributed by atoms with Gasteiger partial charge in [0.25, 0.3) is 0 Å². The average molecular weight is 486 g/mol. The highest BCUT2D eigenvalue weighted by molar-refractivity contribution is 6.05. The quantitative estimate of drug-likeness (QED) is 0.639. The van der Waals surface area contributed by atoms with Crippen LogP contribution in [0.2, 0.25) is 0 Å². The lowest BCUT2D eigenvalue weighted by Gasteiger charge is -2.50. The van der Waals surface area contributed by atoms with Gasteiger partial charge in [0, 0.05) is 5.70 Å². The fraction of sp³-hybridized carbons (Fsp3) is 0.250. The molecule has 1 aliphatic heterocycles. The minimum absolute atomic E-state index is 0.00662. The molecule has 2 aromatic carbocycles. The number of rotatable bonds is 6. The third-order valence-electron chi connectivity index (χ3n) is 5.96. The van der Waals surface area contributed by atoms with E-state index in [0.29, 0.717) is 5.56 Å². The van der Waals surface area contributed by atoms with Crippen molar-refractivity contribution in [2.75, 3.05) is 11.4 Å². The largest absolute Gasteiger partial charge is 0.478 e. The predicted molar refractivity (Wildman–Crippen MR) is 119 cm³/mol. The van der Waals surface area contributed by atoms with Crippen molar-refractivity contribution in [2.24, 2.45) is 5.73 Å². The van der Waals surface area contributed by atoms with Crippen LogP contribution in [0.3, 0.4) is 0 Å². The summed E-state index contributed by atoms with van der Waals surface area (Å²) in [6.07, 6.45) is -4.71. The van der Waals surface area contributed by atoms with E-state index in [2.05, 4.69) is 0 Å². The molecule has 182 valence electrons. The third-order valence-corrected chi connectivity index (χ3v) is 5.96. The standard InChI is InChI=1S/C24H21F3N4O4/c1-3-23(16-9-7-15(12-28)8-10-16)20(21(33)34)14(2)31(22(35)30(23)13-19(29)32)18-6-4-5-17(11-18)24(25,26)27/h4-11H,3,13H2,1-2H3,(H2,29,32)(H,33,34)/t23-/m1/s1. The van der Waals surface area contributed by atoms with E-state index in [1.54, 1.807) is 6.92 Å². The Bertz CT molecular complexity index is 1260. The molecule has 1 atom stereocenters. The maximum Gasteiger partial charge on any atom is 0.416 e. The molecule has 0 aromatic heterocycles. The Kier molecular flexibility index (Phi) is 6.60. The van der Waals surface area contributed by atoms with E-state index in [4.69, 9.17) is 11.0 Å². The van der Waals surface area contributed by atoms with Gasteiger partial charge in [0.2, 0.25) is 5.91 Å². The zero-order valence-corrected chi connectivity index (χ0v) is 18.8. The second kappa shape index (κ2) is 9.13. The number of amides is 3. The molecule has 0 unspecified atom stereocenters. The number of hydrogen-bond donors (Lipinski definition) is 2. The number of nitrogens with zero attached hydrogens (tertiary/aromatic N) is 3. The number of nitrogens with two attached hydrogens (primary N) is 1. The number of anilines is 1. The third kappa shape index (κ3) is 4.30. The van der Waals surface area contributed by atoms with Gasteiger partial charge in [-0.3, -0.25) is 9.69 Å². The molecule has 1 aliphatic rings. The van der Waals surface area contributed by atoms with Crippen LogP contribution in [0.4, 0.5) is 23.7 Å². The second-order valence-corrected chi connectivity index (χ2v) is 7.89. The SMILES string of the molecule is CC[C@@]1(c2ccc(C#N)cc2)C(C(=O)O)=C(C)N(c2cccc(C(F)(F)F)c2)C(=O)N1CC(N)=O. The van der Waals surface area contributed by atoms with Crippen LogP contribution in [0.5, 0.6) is 0 Å². The summed E-state index contributed by atoms with van der Waals surface area (Å²) >= 11 is 0. The van der Waals surface area contributed by atoms with Crippen molar-refractivity contribution in [1.82, 2.24) is 4.90 Å². The maximum atomic E-state index is 13.8. The minimum atomic E-state index is -4.70. The molecule has 1 heterocycles. The monoisotopic (exact) mass is 486 g/mol. The van der Waals surface area contributed by atoms with Gasteiger partial charge in [-0.2, -0.15) is 18.4 Å². The van der Waals surface area contributed by atoms with Crippen LogP contribution >= 0.6 is 0 Å². The number of alkyl halides is 3. The van der Waals surface area contributed by atoms with Crippen LogP contribution in [0.25, 0.3) is 0 Å². The first-order valence-corrected chi connectivity index (χ1v) is 10.4. The summed E-state index contributed by atoms with van der Waals surface area (Å²) in [5.41, 5.74) is 2.61. The molecule has 2 aromatic rings. The summed E-state index contributed by atoms with van der Waals surface area (Å²) in [6, 6.07) is 10.7. The molecule has 0 radical (unpaired) electrons. The fourth-order valence-electron chi connectivity index (χ4n) is 4.48. The van der Waals surface area contributed by atoms with E-state index in [9.17, 15) is 32.7 Å². The highest BCUT2D eigenvalue weighted by Gasteiger charge is 2.53. The van der Waals surface area contributed by atoms with Crippen LogP contribution in [-0.2, 0) is 21.3 Å². The Morgan fingerprint density at radius 3 is 2.29 bits per heavy atom. The summed E-state index contributed by atoms with van der Waals surface area (Å²) in [5.74, 6) is -2.38. The molecule has 0 aliphatic carbocycles. The number of carboxylic acid groups (broad SMARTS) is 1. The van der Waals surface area contributed by atoms with E-state index in [-0.39, 0.29) is 28.9 Å². The van der Waals surface area contributed by atoms with Crippen LogP contribution < -0.4 is 10.6 Å². The zero-order chi connectivity index (χ0) is 26.1. The molecule has 8 nitrogen and oxygen atoms in total. The summed E-state index contributed by atoms with van der Waals surface area (Å²) in [6.45, 7) is 2.22. The van der Waals surface area contributed by atoms with Crippen molar-refractivity contribution >= 4 is 23.6 Å². The van der Waals surface area contributed by atoms with Gasteiger partial charge < -0.3 is 15.7 Å². The first-order valence-electron chi connectivity index (χ1n) is 10.4. The molecule has 0 saturated heterocycles. The van der Waals surface area contributed by atoms with Crippen LogP contribution in [0, 0.1) is 11.3 Å². The van der Waals surface area contributed by atoms with E-state index >= 15 is 0 Å². The molecular formula is C24H21F3N4O4. The zero-order valence-electron chi connectivity index (χ0n) is 18.8. The number of aliphatic carboxylic acids is 1. The first kappa shape index (κ1) is 25.3. The van der Waals surface area contributed by atoms with Crippen LogP contribution in [0.1, 0.15) is 37.0 Å². The van der Waals surface area contributed by atoms with E-state index in [1.807, 2.05) is 6.07 Å². The van der Waals surface area contributed by atoms with Crippen LogP contribution in [-0.4, -0.2) is 34.5 Å². The van der Waals surface area contributed by atoms with E-state index in [0.717, 1.165) is 28.0 Å². The van der Waals surface area contributed by atoms with Gasteiger partial charge in [-0.15, -0.1) is 0 Å². The van der Waals surface area contributed by atoms with Gasteiger partial charge >= 0.3 is 18.2 Å². The minimum Gasteiger partial charge on any atom is -0.478 e. The number of allylic oxidation sites excluding steroid dienone is 1. The number of carboxylic acids is 1. The molecule has 11 heteroatoms. The van der Waals surface area contributed by atoms with Crippen LogP contribution in [0.15, 0.2) is 59.8 Å². The Labute approximate surface area is 198 Å². The number of benzene rings is 2.